The van der Waals surface area contributed by atoms with Gasteiger partial charge in [0, 0.05) is 0 Å². The molecule has 1 aromatic heterocycles. The van der Waals surface area contributed by atoms with E-state index in [4.69, 9.17) is 0 Å². The fourth-order valence-electron chi connectivity index (χ4n) is 3.02. The highest BCUT2D eigenvalue weighted by atomic mass is 32.2. The fourth-order valence-corrected chi connectivity index (χ4v) is 3.72. The van der Waals surface area contributed by atoms with Gasteiger partial charge < -0.3 is 5.32 Å². The molecule has 1 N–H and O–H groups in total. The maximum absolute atomic E-state index is 12.6. The normalized spacial score (nSPS) is 12.1. The molecule has 0 radical (unpaired) electrons. The van der Waals surface area contributed by atoms with Crippen LogP contribution in [0, 0.1) is 12.8 Å². The first kappa shape index (κ1) is 20.1. The third-order valence-electron chi connectivity index (χ3n) is 4.36. The number of carbonyl (C=O) groups is 1. The summed E-state index contributed by atoms with van der Waals surface area (Å²) in [7, 11) is 0. The minimum absolute atomic E-state index is 0.00154. The van der Waals surface area contributed by atoms with Crippen LogP contribution in [0.15, 0.2) is 59.8 Å². The van der Waals surface area contributed by atoms with Crippen molar-refractivity contribution in [3.05, 3.63) is 65.7 Å². The summed E-state index contributed by atoms with van der Waals surface area (Å²) in [5.41, 5.74) is 3.11. The van der Waals surface area contributed by atoms with Crippen molar-refractivity contribution in [1.82, 2.24) is 25.5 Å². The second kappa shape index (κ2) is 9.50. The number of rotatable bonds is 8. The summed E-state index contributed by atoms with van der Waals surface area (Å²) in [6, 6.07) is 18.0. The number of carbonyl (C=O) groups excluding carboxylic acids is 1. The number of hydrogen-bond donors (Lipinski definition) is 1. The minimum atomic E-state index is -0.0289. The standard InChI is InChI=1S/C21H25N5OS/c1-15(2)13-18(17-10-5-4-6-11-17)22-20(27)14-28-21-23-24-25-26(21)19-12-8-7-9-16(19)3/h4-12,15,18H,13-14H2,1-3H3,(H,22,27)/t18-/m1/s1. The largest absolute Gasteiger partial charge is 0.349 e. The minimum Gasteiger partial charge on any atom is -0.349 e. The van der Waals surface area contributed by atoms with Gasteiger partial charge in [0.15, 0.2) is 0 Å². The molecule has 0 bridgehead atoms. The lowest BCUT2D eigenvalue weighted by Crippen LogP contribution is -2.31. The van der Waals surface area contributed by atoms with Crippen molar-refractivity contribution in [3.63, 3.8) is 0 Å². The molecule has 1 atom stereocenters. The zero-order chi connectivity index (χ0) is 19.9. The van der Waals surface area contributed by atoms with Gasteiger partial charge in [-0.2, -0.15) is 4.68 Å². The van der Waals surface area contributed by atoms with Crippen LogP contribution in [-0.2, 0) is 4.79 Å². The van der Waals surface area contributed by atoms with Crippen LogP contribution < -0.4 is 5.32 Å². The molecule has 0 unspecified atom stereocenters. The lowest BCUT2D eigenvalue weighted by molar-refractivity contribution is -0.119. The summed E-state index contributed by atoms with van der Waals surface area (Å²) in [4.78, 5) is 12.6. The Labute approximate surface area is 169 Å². The van der Waals surface area contributed by atoms with Crippen LogP contribution in [0.4, 0.5) is 0 Å². The smallest absolute Gasteiger partial charge is 0.230 e. The van der Waals surface area contributed by atoms with Gasteiger partial charge in [-0.25, -0.2) is 0 Å². The van der Waals surface area contributed by atoms with E-state index in [2.05, 4.69) is 46.8 Å². The van der Waals surface area contributed by atoms with Crippen LogP contribution in [0.25, 0.3) is 5.69 Å². The third kappa shape index (κ3) is 5.19. The Morgan fingerprint density at radius 2 is 1.82 bits per heavy atom. The Bertz CT molecular complexity index is 910. The predicted octanol–water partition coefficient (Wildman–Crippen LogP) is 3.97. The van der Waals surface area contributed by atoms with E-state index in [1.54, 1.807) is 4.68 Å². The Hall–Kier alpha value is -2.67. The van der Waals surface area contributed by atoms with Crippen LogP contribution >= 0.6 is 11.8 Å². The number of hydrogen-bond acceptors (Lipinski definition) is 5. The molecular weight excluding hydrogens is 370 g/mol. The maximum atomic E-state index is 12.6. The number of amides is 1. The first-order chi connectivity index (χ1) is 13.5. The van der Waals surface area contributed by atoms with Crippen molar-refractivity contribution in [2.24, 2.45) is 5.92 Å². The number of para-hydroxylation sites is 1. The highest BCUT2D eigenvalue weighted by Crippen LogP contribution is 2.23. The molecule has 1 amide bonds. The molecule has 7 heteroatoms. The second-order valence-electron chi connectivity index (χ2n) is 7.11. The molecule has 2 aromatic carbocycles. The van der Waals surface area contributed by atoms with Crippen molar-refractivity contribution in [3.8, 4) is 5.69 Å². The lowest BCUT2D eigenvalue weighted by atomic mass is 9.97. The summed E-state index contributed by atoms with van der Waals surface area (Å²) >= 11 is 1.34. The summed E-state index contributed by atoms with van der Waals surface area (Å²) < 4.78 is 1.68. The molecule has 6 nitrogen and oxygen atoms in total. The van der Waals surface area contributed by atoms with Gasteiger partial charge >= 0.3 is 0 Å². The SMILES string of the molecule is Cc1ccccc1-n1nnnc1SCC(=O)N[C@H](CC(C)C)c1ccccc1. The van der Waals surface area contributed by atoms with Crippen molar-refractivity contribution in [2.45, 2.75) is 38.4 Å². The Balaban J connectivity index is 1.66. The van der Waals surface area contributed by atoms with Gasteiger partial charge in [0.25, 0.3) is 0 Å². The molecule has 0 fully saturated rings. The molecule has 0 saturated heterocycles. The monoisotopic (exact) mass is 395 g/mol. The van der Waals surface area contributed by atoms with E-state index < -0.39 is 0 Å². The number of aromatic nitrogens is 4. The molecule has 3 aromatic rings. The summed E-state index contributed by atoms with van der Waals surface area (Å²) in [6.45, 7) is 6.33. The zero-order valence-electron chi connectivity index (χ0n) is 16.4. The number of nitrogens with zero attached hydrogens (tertiary/aromatic N) is 4. The van der Waals surface area contributed by atoms with Crippen LogP contribution in [0.1, 0.15) is 37.4 Å². The highest BCUT2D eigenvalue weighted by Gasteiger charge is 2.18. The Morgan fingerprint density at radius 1 is 1.11 bits per heavy atom. The number of nitrogens with one attached hydrogen (secondary N) is 1. The van der Waals surface area contributed by atoms with Gasteiger partial charge in [0.1, 0.15) is 0 Å². The van der Waals surface area contributed by atoms with E-state index in [1.165, 1.54) is 11.8 Å². The number of tetrazole rings is 1. The average Bonchev–Trinajstić information content (AvgIpc) is 3.15. The van der Waals surface area contributed by atoms with Crippen molar-refractivity contribution in [1.29, 1.82) is 0 Å². The first-order valence-corrected chi connectivity index (χ1v) is 10.3. The molecule has 0 aliphatic rings. The molecule has 28 heavy (non-hydrogen) atoms. The second-order valence-corrected chi connectivity index (χ2v) is 8.05. The predicted molar refractivity (Wildman–Crippen MR) is 111 cm³/mol. The van der Waals surface area contributed by atoms with Gasteiger partial charge in [-0.05, 0) is 46.9 Å². The van der Waals surface area contributed by atoms with E-state index in [0.29, 0.717) is 11.1 Å². The van der Waals surface area contributed by atoms with Gasteiger partial charge in [-0.15, -0.1) is 5.10 Å². The summed E-state index contributed by atoms with van der Waals surface area (Å²) in [5.74, 6) is 0.707. The molecule has 146 valence electrons. The lowest BCUT2D eigenvalue weighted by Gasteiger charge is -2.21. The van der Waals surface area contributed by atoms with Gasteiger partial charge in [-0.3, -0.25) is 4.79 Å². The van der Waals surface area contributed by atoms with E-state index in [1.807, 2.05) is 49.4 Å². The quantitative estimate of drug-likeness (QED) is 0.584. The molecule has 0 saturated carbocycles. The van der Waals surface area contributed by atoms with E-state index in [9.17, 15) is 4.79 Å². The maximum Gasteiger partial charge on any atom is 0.230 e. The number of benzene rings is 2. The van der Waals surface area contributed by atoms with Crippen molar-refractivity contribution >= 4 is 17.7 Å². The highest BCUT2D eigenvalue weighted by molar-refractivity contribution is 7.99. The van der Waals surface area contributed by atoms with Crippen LogP contribution in [0.5, 0.6) is 0 Å². The van der Waals surface area contributed by atoms with Crippen molar-refractivity contribution in [2.75, 3.05) is 5.75 Å². The molecule has 3 rings (SSSR count). The van der Waals surface area contributed by atoms with E-state index in [0.717, 1.165) is 23.2 Å². The topological polar surface area (TPSA) is 72.7 Å². The molecule has 0 aliphatic heterocycles. The third-order valence-corrected chi connectivity index (χ3v) is 5.28. The zero-order valence-corrected chi connectivity index (χ0v) is 17.2. The Kier molecular flexibility index (Phi) is 6.81. The van der Waals surface area contributed by atoms with Gasteiger partial charge in [0.05, 0.1) is 17.5 Å². The summed E-state index contributed by atoms with van der Waals surface area (Å²) in [5, 5.41) is 15.7. The van der Waals surface area contributed by atoms with Gasteiger partial charge in [0.2, 0.25) is 11.1 Å². The molecule has 0 spiro atoms. The van der Waals surface area contributed by atoms with Crippen LogP contribution in [0.3, 0.4) is 0 Å². The van der Waals surface area contributed by atoms with Crippen molar-refractivity contribution < 1.29 is 4.79 Å². The van der Waals surface area contributed by atoms with Crippen LogP contribution in [0.2, 0.25) is 0 Å². The van der Waals surface area contributed by atoms with Crippen LogP contribution in [-0.4, -0.2) is 31.9 Å². The fraction of sp³-hybridized carbons (Fsp3) is 0.333. The average molecular weight is 396 g/mol. The molecule has 0 aliphatic carbocycles. The van der Waals surface area contributed by atoms with Gasteiger partial charge in [-0.1, -0.05) is 74.1 Å². The number of aryl methyl sites for hydroxylation is 1. The summed E-state index contributed by atoms with van der Waals surface area (Å²) in [6.07, 6.45) is 0.890. The Morgan fingerprint density at radius 3 is 2.54 bits per heavy atom. The molecular formula is C21H25N5OS. The van der Waals surface area contributed by atoms with E-state index >= 15 is 0 Å². The molecule has 1 heterocycles. The number of thioether (sulfide) groups is 1. The first-order valence-electron chi connectivity index (χ1n) is 9.36. The van der Waals surface area contributed by atoms with E-state index in [-0.39, 0.29) is 17.7 Å².